The van der Waals surface area contributed by atoms with Crippen molar-refractivity contribution in [3.63, 3.8) is 0 Å². The van der Waals surface area contributed by atoms with E-state index in [1.807, 2.05) is 12.2 Å². The van der Waals surface area contributed by atoms with Gasteiger partial charge in [0.25, 0.3) is 0 Å². The molecule has 6 unspecified atom stereocenters. The number of aliphatic hydroxyl groups excluding tert-OH is 4. The van der Waals surface area contributed by atoms with Crippen LogP contribution in [-0.4, -0.2) is 89.6 Å². The lowest BCUT2D eigenvalue weighted by Crippen LogP contribution is -2.59. The van der Waals surface area contributed by atoms with Crippen LogP contribution in [0.3, 0.4) is 0 Å². The number of ether oxygens (including phenoxy) is 4. The lowest BCUT2D eigenvalue weighted by Gasteiger charge is -2.39. The van der Waals surface area contributed by atoms with Crippen LogP contribution in [0.5, 0.6) is 0 Å². The molecule has 1 heterocycles. The first-order valence-electron chi connectivity index (χ1n) is 24.5. The maximum atomic E-state index is 12.8. The molecule has 9 nitrogen and oxygen atoms in total. The Hall–Kier alpha value is -2.37. The average molecular weight is 859 g/mol. The fraction of sp³-hybridized carbons (Fsp3) is 0.750. The molecule has 1 rings (SSSR count). The number of carbonyl (C=O) groups excluding carboxylic acids is 1. The number of hydrogen-bond acceptors (Lipinski definition) is 9. The van der Waals surface area contributed by atoms with Gasteiger partial charge in [-0.15, -0.1) is 0 Å². The maximum absolute atomic E-state index is 12.8. The molecule has 4 N–H and O–H groups in total. The molecule has 6 atom stereocenters. The van der Waals surface area contributed by atoms with Gasteiger partial charge in [-0.05, 0) is 51.4 Å². The standard InChI is InChI=1S/C52H90O9/c1-3-5-7-9-11-13-15-17-19-21-23-25-27-29-31-33-35-37-39-41-48(54)60-46(45-59-52-51(57)50(56)49(55)47(43-53)61-52)44-58-42-40-38-36-34-32-30-28-26-24-22-20-18-16-14-12-10-8-6-4-2/h5,7,11,13,17,19,23,25,29,31,35,37,46-47,49-53,55-57H,3-4,6,8-10,12,14-16,18,20-22,24,26-28,30,32-34,36,38-45H2,1-2H3/b7-5-,13-11-,19-17-,25-23-,31-29-,37-35-. The third-order valence-electron chi connectivity index (χ3n) is 10.9. The van der Waals surface area contributed by atoms with E-state index < -0.39 is 49.4 Å². The predicted octanol–water partition coefficient (Wildman–Crippen LogP) is 11.6. The van der Waals surface area contributed by atoms with Crippen molar-refractivity contribution < 1.29 is 44.2 Å². The van der Waals surface area contributed by atoms with Crippen molar-refractivity contribution in [3.05, 3.63) is 72.9 Å². The van der Waals surface area contributed by atoms with Gasteiger partial charge in [-0.2, -0.15) is 0 Å². The number of hydrogen-bond donors (Lipinski definition) is 4. The zero-order chi connectivity index (χ0) is 44.3. The summed E-state index contributed by atoms with van der Waals surface area (Å²) in [5, 5.41) is 40.2. The van der Waals surface area contributed by atoms with Crippen LogP contribution >= 0.6 is 0 Å². The Morgan fingerprint density at radius 2 is 0.967 bits per heavy atom. The van der Waals surface area contributed by atoms with Crippen molar-refractivity contribution in [1.29, 1.82) is 0 Å². The minimum atomic E-state index is -1.55. The fourth-order valence-electron chi connectivity index (χ4n) is 7.11. The van der Waals surface area contributed by atoms with Gasteiger partial charge in [-0.25, -0.2) is 0 Å². The van der Waals surface area contributed by atoms with Crippen molar-refractivity contribution in [3.8, 4) is 0 Å². The highest BCUT2D eigenvalue weighted by Crippen LogP contribution is 2.22. The highest BCUT2D eigenvalue weighted by molar-refractivity contribution is 5.69. The quantitative estimate of drug-likeness (QED) is 0.0269. The number of unbranched alkanes of at least 4 members (excludes halogenated alkanes) is 18. The molecule has 0 bridgehead atoms. The van der Waals surface area contributed by atoms with Crippen LogP contribution in [0.1, 0.15) is 187 Å². The molecule has 0 aromatic heterocycles. The summed E-state index contributed by atoms with van der Waals surface area (Å²) < 4.78 is 22.8. The first kappa shape index (κ1) is 56.6. The summed E-state index contributed by atoms with van der Waals surface area (Å²) in [4.78, 5) is 12.8. The molecule has 0 spiro atoms. The zero-order valence-electron chi connectivity index (χ0n) is 38.6. The summed E-state index contributed by atoms with van der Waals surface area (Å²) in [6.07, 6.45) is 49.5. The van der Waals surface area contributed by atoms with E-state index in [2.05, 4.69) is 74.6 Å². The first-order valence-corrected chi connectivity index (χ1v) is 24.5. The molecule has 9 heteroatoms. The Bertz CT molecular complexity index is 1160. The van der Waals surface area contributed by atoms with Crippen LogP contribution in [0, 0.1) is 0 Å². The summed E-state index contributed by atoms with van der Waals surface area (Å²) in [5.41, 5.74) is 0. The van der Waals surface area contributed by atoms with Gasteiger partial charge in [-0.3, -0.25) is 4.79 Å². The number of allylic oxidation sites excluding steroid dienone is 12. The molecule has 1 aliphatic rings. The van der Waals surface area contributed by atoms with Crippen LogP contribution in [0.2, 0.25) is 0 Å². The van der Waals surface area contributed by atoms with E-state index in [-0.39, 0.29) is 19.6 Å². The molecule has 0 aromatic rings. The van der Waals surface area contributed by atoms with Crippen LogP contribution in [0.25, 0.3) is 0 Å². The van der Waals surface area contributed by atoms with Gasteiger partial charge in [0, 0.05) is 13.0 Å². The van der Waals surface area contributed by atoms with Crippen molar-refractivity contribution in [2.24, 2.45) is 0 Å². The molecule has 0 radical (unpaired) electrons. The van der Waals surface area contributed by atoms with Gasteiger partial charge in [0.05, 0.1) is 19.8 Å². The second kappa shape index (κ2) is 42.9. The second-order valence-electron chi connectivity index (χ2n) is 16.5. The molecule has 61 heavy (non-hydrogen) atoms. The van der Waals surface area contributed by atoms with E-state index in [1.54, 1.807) is 0 Å². The van der Waals surface area contributed by atoms with E-state index in [1.165, 1.54) is 109 Å². The van der Waals surface area contributed by atoms with E-state index in [0.717, 1.165) is 51.4 Å². The monoisotopic (exact) mass is 859 g/mol. The van der Waals surface area contributed by atoms with Crippen LogP contribution in [0.4, 0.5) is 0 Å². The van der Waals surface area contributed by atoms with Crippen molar-refractivity contribution in [1.82, 2.24) is 0 Å². The molecule has 352 valence electrons. The van der Waals surface area contributed by atoms with Gasteiger partial charge in [0.15, 0.2) is 6.29 Å². The summed E-state index contributed by atoms with van der Waals surface area (Å²) in [6, 6.07) is 0. The summed E-state index contributed by atoms with van der Waals surface area (Å²) in [5.74, 6) is -0.394. The molecule has 0 aromatic carbocycles. The SMILES string of the molecule is CC/C=C\C/C=C\C/C=C\C/C=C\C/C=C\C/C=C\CCC(=O)OC(COCCCCCCCCCCCCCCCCCCCCC)COC1OC(CO)C(O)C(O)C1O. The highest BCUT2D eigenvalue weighted by Gasteiger charge is 2.44. The molecular formula is C52H90O9. The number of rotatable bonds is 41. The molecule has 0 amide bonds. The zero-order valence-corrected chi connectivity index (χ0v) is 38.6. The van der Waals surface area contributed by atoms with E-state index >= 15 is 0 Å². The normalized spacial score (nSPS) is 20.5. The Labute approximate surface area is 372 Å². The van der Waals surface area contributed by atoms with Gasteiger partial charge in [0.2, 0.25) is 0 Å². The molecule has 1 fully saturated rings. The first-order chi connectivity index (χ1) is 29.9. The van der Waals surface area contributed by atoms with Crippen LogP contribution in [-0.2, 0) is 23.7 Å². The fourth-order valence-corrected chi connectivity index (χ4v) is 7.11. The van der Waals surface area contributed by atoms with Gasteiger partial charge < -0.3 is 39.4 Å². The number of esters is 1. The van der Waals surface area contributed by atoms with Crippen molar-refractivity contribution in [2.45, 2.75) is 224 Å². The van der Waals surface area contributed by atoms with Gasteiger partial charge in [0.1, 0.15) is 30.5 Å². The van der Waals surface area contributed by atoms with Gasteiger partial charge in [-0.1, -0.05) is 202 Å². The number of aliphatic hydroxyl groups is 4. The topological polar surface area (TPSA) is 135 Å². The second-order valence-corrected chi connectivity index (χ2v) is 16.5. The van der Waals surface area contributed by atoms with E-state index in [4.69, 9.17) is 18.9 Å². The summed E-state index contributed by atoms with van der Waals surface area (Å²) in [6.45, 7) is 4.37. The summed E-state index contributed by atoms with van der Waals surface area (Å²) >= 11 is 0. The Kier molecular flexibility index (Phi) is 39.8. The molecule has 0 aliphatic carbocycles. The largest absolute Gasteiger partial charge is 0.457 e. The minimum absolute atomic E-state index is 0.113. The number of carbonyl (C=O) groups is 1. The van der Waals surface area contributed by atoms with Crippen molar-refractivity contribution in [2.75, 3.05) is 26.4 Å². The Morgan fingerprint density at radius 3 is 1.41 bits per heavy atom. The summed E-state index contributed by atoms with van der Waals surface area (Å²) in [7, 11) is 0. The lowest BCUT2D eigenvalue weighted by molar-refractivity contribution is -0.305. The van der Waals surface area contributed by atoms with Crippen molar-refractivity contribution >= 4 is 5.97 Å². The average Bonchev–Trinajstić information content (AvgIpc) is 3.26. The van der Waals surface area contributed by atoms with Crippen LogP contribution in [0.15, 0.2) is 72.9 Å². The Morgan fingerprint density at radius 1 is 0.541 bits per heavy atom. The van der Waals surface area contributed by atoms with Gasteiger partial charge >= 0.3 is 5.97 Å². The molecule has 1 saturated heterocycles. The third-order valence-corrected chi connectivity index (χ3v) is 10.9. The molecular weight excluding hydrogens is 769 g/mol. The van der Waals surface area contributed by atoms with E-state index in [0.29, 0.717) is 13.0 Å². The predicted molar refractivity (Wildman–Crippen MR) is 251 cm³/mol. The highest BCUT2D eigenvalue weighted by atomic mass is 16.7. The van der Waals surface area contributed by atoms with Crippen LogP contribution < -0.4 is 0 Å². The lowest BCUT2D eigenvalue weighted by atomic mass is 9.99. The van der Waals surface area contributed by atoms with E-state index in [9.17, 15) is 25.2 Å². The smallest absolute Gasteiger partial charge is 0.306 e. The Balaban J connectivity index is 2.28. The maximum Gasteiger partial charge on any atom is 0.306 e. The molecule has 0 saturated carbocycles. The minimum Gasteiger partial charge on any atom is -0.457 e. The third kappa shape index (κ3) is 33.8. The molecule has 1 aliphatic heterocycles.